The zero-order chi connectivity index (χ0) is 36.4. The summed E-state index contributed by atoms with van der Waals surface area (Å²) in [7, 11) is 0. The largest absolute Gasteiger partial charge is 0.508 e. The second kappa shape index (κ2) is 17.7. The van der Waals surface area contributed by atoms with E-state index in [-0.39, 0.29) is 32.3 Å². The molecule has 9 heteroatoms. The van der Waals surface area contributed by atoms with E-state index in [1.807, 2.05) is 97.9 Å². The van der Waals surface area contributed by atoms with E-state index in [4.69, 9.17) is 28.4 Å². The highest BCUT2D eigenvalue weighted by atomic mass is 32.2. The molecular weight excluding hydrogens is 689 g/mol. The lowest BCUT2D eigenvalue weighted by Gasteiger charge is -2.45. The lowest BCUT2D eigenvalue weighted by Crippen LogP contribution is -2.61. The monoisotopic (exact) mass is 730 g/mol. The third-order valence-electron chi connectivity index (χ3n) is 9.44. The van der Waals surface area contributed by atoms with Crippen LogP contribution < -0.4 is 0 Å². The fourth-order valence-corrected chi connectivity index (χ4v) is 7.86. The van der Waals surface area contributed by atoms with Gasteiger partial charge in [0.25, 0.3) is 0 Å². The molecule has 272 valence electrons. The number of hydrogen-bond acceptors (Lipinski definition) is 9. The summed E-state index contributed by atoms with van der Waals surface area (Å²) in [5.41, 5.74) is 6.16. The fraction of sp³-hybridized carbons (Fsp3) is 0.273. The Kier molecular flexibility index (Phi) is 12.2. The van der Waals surface area contributed by atoms with Crippen molar-refractivity contribution in [2.45, 2.75) is 55.9 Å². The van der Waals surface area contributed by atoms with Crippen molar-refractivity contribution in [2.24, 2.45) is 0 Å². The molecule has 0 N–H and O–H groups in total. The lowest BCUT2D eigenvalue weighted by molar-refractivity contribution is -0.240. The molecule has 0 bridgehead atoms. The highest BCUT2D eigenvalue weighted by Gasteiger charge is 2.50. The summed E-state index contributed by atoms with van der Waals surface area (Å²) in [4.78, 5) is 26.8. The Morgan fingerprint density at radius 2 is 1.11 bits per heavy atom. The first-order valence-corrected chi connectivity index (χ1v) is 19.0. The van der Waals surface area contributed by atoms with Crippen LogP contribution in [-0.2, 0) is 41.6 Å². The highest BCUT2D eigenvalue weighted by molar-refractivity contribution is 7.99. The Morgan fingerprint density at radius 3 is 1.70 bits per heavy atom. The zero-order valence-electron chi connectivity index (χ0n) is 29.5. The molecule has 1 fully saturated rings. The number of carbonyl (C=O) groups excluding carboxylic acids is 2. The summed E-state index contributed by atoms with van der Waals surface area (Å²) >= 11 is 1.48. The van der Waals surface area contributed by atoms with Crippen molar-refractivity contribution < 1.29 is 38.0 Å². The van der Waals surface area contributed by atoms with Crippen molar-refractivity contribution in [2.75, 3.05) is 19.0 Å². The van der Waals surface area contributed by atoms with Crippen LogP contribution in [0.3, 0.4) is 0 Å². The van der Waals surface area contributed by atoms with Gasteiger partial charge in [0.05, 0.1) is 18.8 Å². The van der Waals surface area contributed by atoms with Crippen LogP contribution >= 0.6 is 11.8 Å². The van der Waals surface area contributed by atoms with E-state index in [1.165, 1.54) is 11.8 Å². The molecule has 0 aromatic heterocycles. The standard InChI is InChI=1S/C44H42O8S/c1-2-53-43-41(52-42(45)32-20-10-5-11-21-32)40(48-27-31-18-8-4-9-19-31)39(47-26-30-16-6-3-7-17-30)38(51-43)29-50-44(46)49-28-37-35-24-14-12-22-33(35)34-23-13-15-25-36(34)37/h3-25,37-41,43H,2,26-29H2,1H3/t38-,39-,40+,41+,43-/m1/s1. The van der Waals surface area contributed by atoms with Crippen molar-refractivity contribution in [3.63, 3.8) is 0 Å². The number of benzene rings is 5. The maximum Gasteiger partial charge on any atom is 0.508 e. The van der Waals surface area contributed by atoms with E-state index in [9.17, 15) is 9.59 Å². The quantitative estimate of drug-likeness (QED) is 0.104. The van der Waals surface area contributed by atoms with Gasteiger partial charge in [-0.15, -0.1) is 11.8 Å². The second-order valence-corrected chi connectivity index (χ2v) is 14.2. The van der Waals surface area contributed by atoms with Gasteiger partial charge in [0.15, 0.2) is 6.10 Å². The molecular formula is C44H42O8S. The van der Waals surface area contributed by atoms with Crippen LogP contribution in [0.15, 0.2) is 140 Å². The van der Waals surface area contributed by atoms with E-state index < -0.39 is 42.0 Å². The number of esters is 1. The Labute approximate surface area is 314 Å². The minimum absolute atomic E-state index is 0.107. The van der Waals surface area contributed by atoms with Crippen LogP contribution in [0.1, 0.15) is 45.5 Å². The number of rotatable bonds is 14. The first-order valence-electron chi connectivity index (χ1n) is 17.9. The minimum Gasteiger partial charge on any atom is -0.452 e. The van der Waals surface area contributed by atoms with Gasteiger partial charge in [-0.2, -0.15) is 0 Å². The number of carbonyl (C=O) groups is 2. The van der Waals surface area contributed by atoms with Gasteiger partial charge >= 0.3 is 12.1 Å². The summed E-state index contributed by atoms with van der Waals surface area (Å²) in [5.74, 6) is 0.0682. The molecule has 53 heavy (non-hydrogen) atoms. The average Bonchev–Trinajstić information content (AvgIpc) is 3.53. The lowest BCUT2D eigenvalue weighted by atomic mass is 9.98. The van der Waals surface area contributed by atoms with Crippen LogP contribution in [0.5, 0.6) is 0 Å². The van der Waals surface area contributed by atoms with Gasteiger partial charge in [0.2, 0.25) is 0 Å². The van der Waals surface area contributed by atoms with Crippen molar-refractivity contribution >= 4 is 23.9 Å². The molecule has 5 aromatic rings. The molecule has 1 aliphatic carbocycles. The van der Waals surface area contributed by atoms with Crippen LogP contribution in [0.4, 0.5) is 4.79 Å². The van der Waals surface area contributed by atoms with Gasteiger partial charge in [-0.25, -0.2) is 9.59 Å². The van der Waals surface area contributed by atoms with Gasteiger partial charge in [-0.3, -0.25) is 0 Å². The average molecular weight is 731 g/mol. The van der Waals surface area contributed by atoms with Crippen LogP contribution in [0, 0.1) is 0 Å². The van der Waals surface area contributed by atoms with Gasteiger partial charge in [-0.1, -0.05) is 134 Å². The predicted octanol–water partition coefficient (Wildman–Crippen LogP) is 8.83. The van der Waals surface area contributed by atoms with Crippen LogP contribution in [0.2, 0.25) is 0 Å². The predicted molar refractivity (Wildman–Crippen MR) is 203 cm³/mol. The summed E-state index contributed by atoms with van der Waals surface area (Å²) < 4.78 is 37.6. The Bertz CT molecular complexity index is 1890. The van der Waals surface area contributed by atoms with Gasteiger partial charge in [0, 0.05) is 5.92 Å². The molecule has 2 aliphatic rings. The first-order chi connectivity index (χ1) is 26.1. The number of fused-ring (bicyclic) bond motifs is 3. The van der Waals surface area contributed by atoms with Gasteiger partial charge < -0.3 is 28.4 Å². The summed E-state index contributed by atoms with van der Waals surface area (Å²) in [6.45, 7) is 2.43. The Balaban J connectivity index is 1.12. The van der Waals surface area contributed by atoms with E-state index in [2.05, 4.69) is 24.3 Å². The summed E-state index contributed by atoms with van der Waals surface area (Å²) in [5, 5.41) is 0. The summed E-state index contributed by atoms with van der Waals surface area (Å²) in [6, 6.07) is 44.7. The van der Waals surface area contributed by atoms with Gasteiger partial charge in [0.1, 0.15) is 37.0 Å². The van der Waals surface area contributed by atoms with E-state index in [0.717, 1.165) is 33.4 Å². The van der Waals surface area contributed by atoms with Crippen molar-refractivity contribution in [3.05, 3.63) is 167 Å². The van der Waals surface area contributed by atoms with Crippen molar-refractivity contribution in [1.29, 1.82) is 0 Å². The molecule has 1 heterocycles. The highest BCUT2D eigenvalue weighted by Crippen LogP contribution is 2.44. The van der Waals surface area contributed by atoms with Crippen molar-refractivity contribution in [3.8, 4) is 11.1 Å². The Morgan fingerprint density at radius 1 is 0.604 bits per heavy atom. The third-order valence-corrected chi connectivity index (χ3v) is 10.5. The molecule has 0 spiro atoms. The van der Waals surface area contributed by atoms with E-state index in [0.29, 0.717) is 11.3 Å². The summed E-state index contributed by atoms with van der Waals surface area (Å²) in [6.07, 6.45) is -3.99. The Hall–Kier alpha value is -4.93. The minimum atomic E-state index is -0.845. The number of hydrogen-bond donors (Lipinski definition) is 0. The fourth-order valence-electron chi connectivity index (χ4n) is 6.91. The van der Waals surface area contributed by atoms with E-state index in [1.54, 1.807) is 24.3 Å². The molecule has 1 saturated heterocycles. The number of ether oxygens (including phenoxy) is 6. The second-order valence-electron chi connectivity index (χ2n) is 12.9. The van der Waals surface area contributed by atoms with Crippen LogP contribution in [0.25, 0.3) is 11.1 Å². The molecule has 0 saturated carbocycles. The number of thioether (sulfide) groups is 1. The van der Waals surface area contributed by atoms with E-state index >= 15 is 0 Å². The van der Waals surface area contributed by atoms with Crippen LogP contribution in [-0.4, -0.2) is 60.9 Å². The van der Waals surface area contributed by atoms with Crippen molar-refractivity contribution in [1.82, 2.24) is 0 Å². The maximum absolute atomic E-state index is 13.5. The normalized spacial score (nSPS) is 20.6. The maximum atomic E-state index is 13.5. The smallest absolute Gasteiger partial charge is 0.452 e. The third kappa shape index (κ3) is 8.83. The molecule has 5 atom stereocenters. The molecule has 1 aliphatic heterocycles. The first kappa shape index (κ1) is 36.4. The molecule has 8 nitrogen and oxygen atoms in total. The SMILES string of the molecule is CCS[C@H]1O[C@H](COC(=O)OCC2c3ccccc3-c3ccccc32)[C@@H](OCc2ccccc2)[C@H](OCc2ccccc2)[C@@H]1OC(=O)c1ccccc1. The topological polar surface area (TPSA) is 89.5 Å². The molecule has 0 unspecified atom stereocenters. The van der Waals surface area contributed by atoms with Gasteiger partial charge in [-0.05, 0) is 51.3 Å². The molecule has 5 aromatic carbocycles. The molecule has 0 amide bonds. The molecule has 0 radical (unpaired) electrons. The molecule has 7 rings (SSSR count). The zero-order valence-corrected chi connectivity index (χ0v) is 30.3.